The van der Waals surface area contributed by atoms with E-state index in [4.69, 9.17) is 0 Å². The molecule has 0 aliphatic rings. The first-order valence-electron chi connectivity index (χ1n) is 6.31. The SMILES string of the molecule is COC(=O)C(NC(=O)CCc1ccccn1)C(C)C. The van der Waals surface area contributed by atoms with Gasteiger partial charge in [-0.2, -0.15) is 0 Å². The van der Waals surface area contributed by atoms with Gasteiger partial charge in [-0.3, -0.25) is 9.78 Å². The lowest BCUT2D eigenvalue weighted by Gasteiger charge is -2.19. The topological polar surface area (TPSA) is 68.3 Å². The Morgan fingerprint density at radius 2 is 2.11 bits per heavy atom. The van der Waals surface area contributed by atoms with Crippen molar-refractivity contribution >= 4 is 11.9 Å². The Labute approximate surface area is 113 Å². The third-order valence-corrected chi connectivity index (χ3v) is 2.77. The Kier molecular flexibility index (Phi) is 5.99. The molecule has 0 saturated carbocycles. The predicted octanol–water partition coefficient (Wildman–Crippen LogP) is 1.33. The number of carbonyl (C=O) groups is 2. The van der Waals surface area contributed by atoms with Crippen LogP contribution < -0.4 is 5.32 Å². The van der Waals surface area contributed by atoms with Gasteiger partial charge in [-0.15, -0.1) is 0 Å². The molecule has 1 N–H and O–H groups in total. The summed E-state index contributed by atoms with van der Waals surface area (Å²) in [6.45, 7) is 3.72. The average molecular weight is 264 g/mol. The molecule has 5 heteroatoms. The van der Waals surface area contributed by atoms with Crippen LogP contribution >= 0.6 is 0 Å². The second kappa shape index (κ2) is 7.51. The zero-order valence-electron chi connectivity index (χ0n) is 11.6. The van der Waals surface area contributed by atoms with Crippen LogP contribution in [0.4, 0.5) is 0 Å². The van der Waals surface area contributed by atoms with Gasteiger partial charge >= 0.3 is 5.97 Å². The summed E-state index contributed by atoms with van der Waals surface area (Å²) in [4.78, 5) is 27.5. The number of nitrogens with zero attached hydrogens (tertiary/aromatic N) is 1. The van der Waals surface area contributed by atoms with Crippen molar-refractivity contribution in [1.82, 2.24) is 10.3 Å². The Balaban J connectivity index is 2.47. The Hall–Kier alpha value is -1.91. The van der Waals surface area contributed by atoms with E-state index in [2.05, 4.69) is 15.0 Å². The molecular formula is C14H20N2O3. The maximum absolute atomic E-state index is 11.8. The summed E-state index contributed by atoms with van der Waals surface area (Å²) in [7, 11) is 1.32. The molecule has 0 spiro atoms. The van der Waals surface area contributed by atoms with Crippen LogP contribution in [0.1, 0.15) is 26.0 Å². The number of esters is 1. The van der Waals surface area contributed by atoms with E-state index in [0.717, 1.165) is 5.69 Å². The van der Waals surface area contributed by atoms with Gasteiger partial charge in [0.2, 0.25) is 5.91 Å². The quantitative estimate of drug-likeness (QED) is 0.787. The normalized spacial score (nSPS) is 12.0. The van der Waals surface area contributed by atoms with Gasteiger partial charge in [0, 0.05) is 18.3 Å². The number of carbonyl (C=O) groups excluding carboxylic acids is 2. The molecule has 0 aliphatic heterocycles. The van der Waals surface area contributed by atoms with Crippen LogP contribution in [0.15, 0.2) is 24.4 Å². The summed E-state index contributed by atoms with van der Waals surface area (Å²) in [5.74, 6) is -0.595. The smallest absolute Gasteiger partial charge is 0.328 e. The van der Waals surface area contributed by atoms with Crippen molar-refractivity contribution in [3.8, 4) is 0 Å². The Bertz CT molecular complexity index is 418. The first kappa shape index (κ1) is 15.1. The maximum atomic E-state index is 11.8. The monoisotopic (exact) mass is 264 g/mol. The van der Waals surface area contributed by atoms with Gasteiger partial charge in [0.1, 0.15) is 6.04 Å². The van der Waals surface area contributed by atoms with E-state index in [1.165, 1.54) is 7.11 Å². The minimum atomic E-state index is -0.596. The molecule has 0 radical (unpaired) electrons. The summed E-state index contributed by atoms with van der Waals surface area (Å²) in [6.07, 6.45) is 2.55. The molecule has 0 saturated heterocycles. The van der Waals surface area contributed by atoms with Gasteiger partial charge in [-0.25, -0.2) is 4.79 Å². The van der Waals surface area contributed by atoms with E-state index in [0.29, 0.717) is 12.8 Å². The number of nitrogens with one attached hydrogen (secondary N) is 1. The van der Waals surface area contributed by atoms with Crippen LogP contribution in [-0.4, -0.2) is 30.0 Å². The average Bonchev–Trinajstić information content (AvgIpc) is 2.42. The van der Waals surface area contributed by atoms with Gasteiger partial charge in [-0.1, -0.05) is 19.9 Å². The number of aromatic nitrogens is 1. The zero-order valence-corrected chi connectivity index (χ0v) is 11.6. The first-order valence-corrected chi connectivity index (χ1v) is 6.31. The number of pyridine rings is 1. The van der Waals surface area contributed by atoms with Gasteiger partial charge in [0.15, 0.2) is 0 Å². The van der Waals surface area contributed by atoms with E-state index in [-0.39, 0.29) is 11.8 Å². The maximum Gasteiger partial charge on any atom is 0.328 e. The lowest BCUT2D eigenvalue weighted by atomic mass is 10.0. The van der Waals surface area contributed by atoms with Crippen molar-refractivity contribution in [2.75, 3.05) is 7.11 Å². The molecule has 1 atom stereocenters. The van der Waals surface area contributed by atoms with Gasteiger partial charge < -0.3 is 10.1 Å². The van der Waals surface area contributed by atoms with Crippen LogP contribution in [0.3, 0.4) is 0 Å². The molecule has 19 heavy (non-hydrogen) atoms. The molecule has 1 amide bonds. The summed E-state index contributed by atoms with van der Waals surface area (Å²) in [5.41, 5.74) is 0.858. The fraction of sp³-hybridized carbons (Fsp3) is 0.500. The largest absolute Gasteiger partial charge is 0.467 e. The minimum Gasteiger partial charge on any atom is -0.467 e. The number of hydrogen-bond acceptors (Lipinski definition) is 4. The summed E-state index contributed by atoms with van der Waals surface area (Å²) >= 11 is 0. The molecule has 1 heterocycles. The predicted molar refractivity (Wildman–Crippen MR) is 71.3 cm³/mol. The first-order chi connectivity index (χ1) is 9.04. The summed E-state index contributed by atoms with van der Waals surface area (Å²) in [6, 6.07) is 4.98. The molecule has 0 fully saturated rings. The summed E-state index contributed by atoms with van der Waals surface area (Å²) < 4.78 is 4.67. The highest BCUT2D eigenvalue weighted by atomic mass is 16.5. The Morgan fingerprint density at radius 1 is 1.37 bits per heavy atom. The number of aryl methyl sites for hydroxylation is 1. The second-order valence-corrected chi connectivity index (χ2v) is 4.63. The zero-order chi connectivity index (χ0) is 14.3. The van der Waals surface area contributed by atoms with Crippen LogP contribution in [0.2, 0.25) is 0 Å². The van der Waals surface area contributed by atoms with Crippen molar-refractivity contribution in [2.45, 2.75) is 32.7 Å². The summed E-state index contributed by atoms with van der Waals surface area (Å²) in [5, 5.41) is 2.70. The third-order valence-electron chi connectivity index (χ3n) is 2.77. The number of ether oxygens (including phenoxy) is 1. The number of hydrogen-bond donors (Lipinski definition) is 1. The minimum absolute atomic E-state index is 0.00810. The van der Waals surface area contributed by atoms with E-state index >= 15 is 0 Å². The van der Waals surface area contributed by atoms with E-state index in [9.17, 15) is 9.59 Å². The van der Waals surface area contributed by atoms with Crippen molar-refractivity contribution in [2.24, 2.45) is 5.92 Å². The third kappa shape index (κ3) is 5.07. The number of amides is 1. The van der Waals surface area contributed by atoms with Gasteiger partial charge in [0.25, 0.3) is 0 Å². The van der Waals surface area contributed by atoms with Crippen molar-refractivity contribution in [3.63, 3.8) is 0 Å². The van der Waals surface area contributed by atoms with Crippen molar-refractivity contribution in [3.05, 3.63) is 30.1 Å². The molecule has 5 nitrogen and oxygen atoms in total. The van der Waals surface area contributed by atoms with Crippen LogP contribution in [0, 0.1) is 5.92 Å². The highest BCUT2D eigenvalue weighted by Gasteiger charge is 2.24. The molecule has 0 aliphatic carbocycles. The highest BCUT2D eigenvalue weighted by Crippen LogP contribution is 2.05. The molecule has 0 aromatic carbocycles. The molecule has 0 bridgehead atoms. The molecule has 1 unspecified atom stereocenters. The van der Waals surface area contributed by atoms with E-state index < -0.39 is 12.0 Å². The number of rotatable bonds is 6. The highest BCUT2D eigenvalue weighted by molar-refractivity contribution is 5.84. The van der Waals surface area contributed by atoms with E-state index in [1.807, 2.05) is 32.0 Å². The molecule has 1 rings (SSSR count). The lowest BCUT2D eigenvalue weighted by molar-refractivity contribution is -0.146. The molecule has 104 valence electrons. The Morgan fingerprint density at radius 3 is 2.63 bits per heavy atom. The van der Waals surface area contributed by atoms with Crippen molar-refractivity contribution in [1.29, 1.82) is 0 Å². The van der Waals surface area contributed by atoms with Crippen LogP contribution in [0.5, 0.6) is 0 Å². The molecular weight excluding hydrogens is 244 g/mol. The molecule has 1 aromatic heterocycles. The van der Waals surface area contributed by atoms with Crippen LogP contribution in [-0.2, 0) is 20.7 Å². The van der Waals surface area contributed by atoms with Crippen molar-refractivity contribution < 1.29 is 14.3 Å². The fourth-order valence-electron chi connectivity index (χ4n) is 1.66. The molecule has 1 aromatic rings. The van der Waals surface area contributed by atoms with Crippen LogP contribution in [0.25, 0.3) is 0 Å². The lowest BCUT2D eigenvalue weighted by Crippen LogP contribution is -2.45. The van der Waals surface area contributed by atoms with Gasteiger partial charge in [0.05, 0.1) is 7.11 Å². The number of methoxy groups -OCH3 is 1. The fourth-order valence-corrected chi connectivity index (χ4v) is 1.66. The van der Waals surface area contributed by atoms with E-state index in [1.54, 1.807) is 6.20 Å². The van der Waals surface area contributed by atoms with Gasteiger partial charge in [-0.05, 0) is 24.5 Å². The second-order valence-electron chi connectivity index (χ2n) is 4.63. The standard InChI is InChI=1S/C14H20N2O3/c1-10(2)13(14(18)19-3)16-12(17)8-7-11-6-4-5-9-15-11/h4-6,9-10,13H,7-8H2,1-3H3,(H,16,17).